The molecule has 9 nitrogen and oxygen atoms in total. The van der Waals surface area contributed by atoms with E-state index >= 15 is 0 Å². The summed E-state index contributed by atoms with van der Waals surface area (Å²) in [5.74, 6) is -0.662. The number of oxazole rings is 1. The SMILES string of the molecule is CCN(C)C(=O)c1cccc(CNC(=O)c2coc(-c3ccc(OC(F)F)c(OC(C)C)c3)n2)n1. The third-order valence-electron chi connectivity index (χ3n) is 4.78. The van der Waals surface area contributed by atoms with E-state index in [1.807, 2.05) is 6.92 Å². The summed E-state index contributed by atoms with van der Waals surface area (Å²) in [7, 11) is 1.68. The van der Waals surface area contributed by atoms with Gasteiger partial charge in [0.1, 0.15) is 12.0 Å². The van der Waals surface area contributed by atoms with E-state index in [9.17, 15) is 18.4 Å². The Kier molecular flexibility index (Phi) is 8.34. The Morgan fingerprint density at radius 3 is 2.54 bits per heavy atom. The van der Waals surface area contributed by atoms with Crippen LogP contribution in [0, 0.1) is 0 Å². The van der Waals surface area contributed by atoms with E-state index in [4.69, 9.17) is 9.15 Å². The first-order valence-electron chi connectivity index (χ1n) is 10.9. The summed E-state index contributed by atoms with van der Waals surface area (Å²) in [6.45, 7) is 2.96. The van der Waals surface area contributed by atoms with Gasteiger partial charge in [-0.05, 0) is 51.1 Å². The van der Waals surface area contributed by atoms with E-state index in [1.54, 1.807) is 39.1 Å². The molecule has 0 aliphatic heterocycles. The summed E-state index contributed by atoms with van der Waals surface area (Å²) < 4.78 is 40.8. The highest BCUT2D eigenvalue weighted by molar-refractivity contribution is 5.93. The van der Waals surface area contributed by atoms with Crippen LogP contribution in [0.5, 0.6) is 11.5 Å². The fourth-order valence-corrected chi connectivity index (χ4v) is 2.99. The first-order chi connectivity index (χ1) is 16.7. The summed E-state index contributed by atoms with van der Waals surface area (Å²) in [5.41, 5.74) is 1.21. The zero-order valence-corrected chi connectivity index (χ0v) is 19.7. The average Bonchev–Trinajstić information content (AvgIpc) is 3.32. The third kappa shape index (κ3) is 6.75. The molecule has 3 aromatic rings. The molecule has 0 radical (unpaired) electrons. The van der Waals surface area contributed by atoms with Gasteiger partial charge in [-0.3, -0.25) is 9.59 Å². The van der Waals surface area contributed by atoms with Crippen molar-refractivity contribution >= 4 is 11.8 Å². The van der Waals surface area contributed by atoms with Gasteiger partial charge >= 0.3 is 6.61 Å². The van der Waals surface area contributed by atoms with Crippen LogP contribution in [0.4, 0.5) is 8.78 Å². The Labute approximate surface area is 201 Å². The van der Waals surface area contributed by atoms with E-state index in [2.05, 4.69) is 20.0 Å². The number of ether oxygens (including phenoxy) is 2. The highest BCUT2D eigenvalue weighted by Gasteiger charge is 2.18. The first-order valence-corrected chi connectivity index (χ1v) is 10.9. The molecule has 0 aliphatic rings. The van der Waals surface area contributed by atoms with Crippen molar-refractivity contribution in [2.45, 2.75) is 40.0 Å². The van der Waals surface area contributed by atoms with Gasteiger partial charge < -0.3 is 24.1 Å². The van der Waals surface area contributed by atoms with E-state index in [0.29, 0.717) is 17.8 Å². The molecule has 0 spiro atoms. The molecule has 3 rings (SSSR count). The van der Waals surface area contributed by atoms with Gasteiger partial charge in [-0.2, -0.15) is 8.78 Å². The summed E-state index contributed by atoms with van der Waals surface area (Å²) >= 11 is 0. The Hall–Kier alpha value is -4.02. The molecule has 0 bridgehead atoms. The van der Waals surface area contributed by atoms with E-state index in [-0.39, 0.29) is 47.3 Å². The van der Waals surface area contributed by atoms with E-state index in [1.165, 1.54) is 29.4 Å². The normalized spacial score (nSPS) is 11.0. The van der Waals surface area contributed by atoms with Crippen molar-refractivity contribution in [3.8, 4) is 23.0 Å². The summed E-state index contributed by atoms with van der Waals surface area (Å²) in [4.78, 5) is 34.8. The predicted molar refractivity (Wildman–Crippen MR) is 122 cm³/mol. The fourth-order valence-electron chi connectivity index (χ4n) is 2.99. The van der Waals surface area contributed by atoms with Crippen molar-refractivity contribution in [1.82, 2.24) is 20.2 Å². The molecular weight excluding hydrogens is 462 g/mol. The van der Waals surface area contributed by atoms with Crippen molar-refractivity contribution in [2.75, 3.05) is 13.6 Å². The number of hydrogen-bond acceptors (Lipinski definition) is 7. The predicted octanol–water partition coefficient (Wildman–Crippen LogP) is 4.15. The molecule has 2 amide bonds. The molecule has 1 aromatic carbocycles. The van der Waals surface area contributed by atoms with Gasteiger partial charge in [0.05, 0.1) is 18.3 Å². The number of carbonyl (C=O) groups is 2. The van der Waals surface area contributed by atoms with Gasteiger partial charge in [-0.25, -0.2) is 9.97 Å². The van der Waals surface area contributed by atoms with Crippen LogP contribution in [0.15, 0.2) is 47.1 Å². The second-order valence-corrected chi connectivity index (χ2v) is 7.76. The lowest BCUT2D eigenvalue weighted by Gasteiger charge is -2.15. The van der Waals surface area contributed by atoms with E-state index < -0.39 is 12.5 Å². The van der Waals surface area contributed by atoms with Crippen molar-refractivity contribution < 1.29 is 32.3 Å². The van der Waals surface area contributed by atoms with Crippen molar-refractivity contribution in [3.63, 3.8) is 0 Å². The number of carbonyl (C=O) groups excluding carboxylic acids is 2. The molecule has 11 heteroatoms. The number of hydrogen-bond donors (Lipinski definition) is 1. The summed E-state index contributed by atoms with van der Waals surface area (Å²) in [6.07, 6.45) is 0.891. The molecule has 2 heterocycles. The molecule has 1 N–H and O–H groups in total. The number of nitrogens with one attached hydrogen (secondary N) is 1. The monoisotopic (exact) mass is 488 g/mol. The Morgan fingerprint density at radius 1 is 1.09 bits per heavy atom. The lowest BCUT2D eigenvalue weighted by molar-refractivity contribution is -0.0518. The van der Waals surface area contributed by atoms with Gasteiger partial charge in [0, 0.05) is 19.2 Å². The number of rotatable bonds is 10. The van der Waals surface area contributed by atoms with Gasteiger partial charge in [0.2, 0.25) is 5.89 Å². The maximum atomic E-state index is 12.7. The number of benzene rings is 1. The molecule has 0 aliphatic carbocycles. The minimum Gasteiger partial charge on any atom is -0.487 e. The van der Waals surface area contributed by atoms with Crippen LogP contribution in [0.3, 0.4) is 0 Å². The highest BCUT2D eigenvalue weighted by Crippen LogP contribution is 2.34. The van der Waals surface area contributed by atoms with Crippen LogP contribution >= 0.6 is 0 Å². The molecule has 0 unspecified atom stereocenters. The maximum absolute atomic E-state index is 12.7. The number of alkyl halides is 2. The first kappa shape index (κ1) is 25.6. The summed E-state index contributed by atoms with van der Waals surface area (Å²) in [6, 6.07) is 9.23. The zero-order chi connectivity index (χ0) is 25.5. The van der Waals surface area contributed by atoms with Gasteiger partial charge in [-0.15, -0.1) is 0 Å². The molecule has 2 aromatic heterocycles. The van der Waals surface area contributed by atoms with Gasteiger partial charge in [0.25, 0.3) is 11.8 Å². The zero-order valence-electron chi connectivity index (χ0n) is 19.7. The Balaban J connectivity index is 1.71. The second kappa shape index (κ2) is 11.4. The second-order valence-electron chi connectivity index (χ2n) is 7.76. The molecule has 0 fully saturated rings. The number of amides is 2. The molecule has 0 saturated carbocycles. The maximum Gasteiger partial charge on any atom is 0.387 e. The molecule has 186 valence electrons. The van der Waals surface area contributed by atoms with Crippen molar-refractivity contribution in [2.24, 2.45) is 0 Å². The topological polar surface area (TPSA) is 107 Å². The molecule has 35 heavy (non-hydrogen) atoms. The smallest absolute Gasteiger partial charge is 0.387 e. The van der Waals surface area contributed by atoms with Crippen LogP contribution in [0.25, 0.3) is 11.5 Å². The van der Waals surface area contributed by atoms with Crippen LogP contribution in [0.2, 0.25) is 0 Å². The summed E-state index contributed by atoms with van der Waals surface area (Å²) in [5, 5.41) is 2.68. The van der Waals surface area contributed by atoms with Crippen LogP contribution in [-0.2, 0) is 6.54 Å². The fraction of sp³-hybridized carbons (Fsp3) is 0.333. The van der Waals surface area contributed by atoms with Gasteiger partial charge in [0.15, 0.2) is 17.2 Å². The van der Waals surface area contributed by atoms with Crippen LogP contribution in [-0.4, -0.2) is 53.0 Å². The third-order valence-corrected chi connectivity index (χ3v) is 4.78. The highest BCUT2D eigenvalue weighted by atomic mass is 19.3. The number of halogens is 2. The van der Waals surface area contributed by atoms with E-state index in [0.717, 1.165) is 0 Å². The number of nitrogens with zero attached hydrogens (tertiary/aromatic N) is 3. The van der Waals surface area contributed by atoms with Crippen LogP contribution < -0.4 is 14.8 Å². The Bertz CT molecular complexity index is 1180. The minimum atomic E-state index is -3.01. The standard InChI is InChI=1S/C24H26F2N4O5/c1-5-30(4)23(32)17-8-6-7-16(28-17)12-27-21(31)18-13-33-22(29-18)15-9-10-19(35-24(25)26)20(11-15)34-14(2)3/h6-11,13-14,24H,5,12H2,1-4H3,(H,27,31). The lowest BCUT2D eigenvalue weighted by atomic mass is 10.2. The van der Waals surface area contributed by atoms with Crippen molar-refractivity contribution in [1.29, 1.82) is 0 Å². The Morgan fingerprint density at radius 2 is 1.86 bits per heavy atom. The molecule has 0 saturated heterocycles. The number of pyridine rings is 1. The lowest BCUT2D eigenvalue weighted by Crippen LogP contribution is -2.28. The van der Waals surface area contributed by atoms with Crippen LogP contribution in [0.1, 0.15) is 47.4 Å². The average molecular weight is 488 g/mol. The quantitative estimate of drug-likeness (QED) is 0.457. The number of aromatic nitrogens is 2. The largest absolute Gasteiger partial charge is 0.487 e. The minimum absolute atomic E-state index is 0.0113. The van der Waals surface area contributed by atoms with Gasteiger partial charge in [-0.1, -0.05) is 6.07 Å². The molecule has 0 atom stereocenters. The molecular formula is C24H26F2N4O5. The van der Waals surface area contributed by atoms with Crippen molar-refractivity contribution in [3.05, 3.63) is 59.7 Å².